The van der Waals surface area contributed by atoms with Gasteiger partial charge in [0.05, 0.1) is 18.8 Å². The average molecular weight is 190 g/mol. The van der Waals surface area contributed by atoms with Gasteiger partial charge in [0, 0.05) is 7.11 Å². The average Bonchev–Trinajstić information content (AvgIpc) is 2.06. The molecule has 1 heterocycles. The molecule has 72 valence electrons. The van der Waals surface area contributed by atoms with Gasteiger partial charge in [-0.1, -0.05) is 0 Å². The van der Waals surface area contributed by atoms with Crippen molar-refractivity contribution in [2.75, 3.05) is 31.8 Å². The standard InChI is InChI=1S/C9H18O2S/c1-9(11-6-5-10-2)3-7-12-8-4-9/h3-8H2,1-2H3. The second-order valence-electron chi connectivity index (χ2n) is 3.40. The lowest BCUT2D eigenvalue weighted by Crippen LogP contribution is -2.34. The first-order valence-corrected chi connectivity index (χ1v) is 5.63. The topological polar surface area (TPSA) is 18.5 Å². The van der Waals surface area contributed by atoms with E-state index in [1.54, 1.807) is 7.11 Å². The molecule has 1 aliphatic rings. The predicted molar refractivity (Wildman–Crippen MR) is 52.8 cm³/mol. The maximum Gasteiger partial charge on any atom is 0.0707 e. The van der Waals surface area contributed by atoms with E-state index in [0.29, 0.717) is 6.61 Å². The SMILES string of the molecule is COCCOC1(C)CCSCC1. The minimum Gasteiger partial charge on any atom is -0.382 e. The number of ether oxygens (including phenoxy) is 2. The van der Waals surface area contributed by atoms with Crippen molar-refractivity contribution in [2.45, 2.75) is 25.4 Å². The fraction of sp³-hybridized carbons (Fsp3) is 1.00. The van der Waals surface area contributed by atoms with Crippen LogP contribution < -0.4 is 0 Å². The molecule has 0 amide bonds. The van der Waals surface area contributed by atoms with Crippen LogP contribution in [0, 0.1) is 0 Å². The summed E-state index contributed by atoms with van der Waals surface area (Å²) < 4.78 is 10.7. The van der Waals surface area contributed by atoms with E-state index in [0.717, 1.165) is 6.61 Å². The van der Waals surface area contributed by atoms with Crippen molar-refractivity contribution >= 4 is 11.8 Å². The molecule has 1 saturated heterocycles. The van der Waals surface area contributed by atoms with Crippen molar-refractivity contribution in [1.29, 1.82) is 0 Å². The summed E-state index contributed by atoms with van der Waals surface area (Å²) in [6.07, 6.45) is 2.36. The zero-order valence-electron chi connectivity index (χ0n) is 7.97. The van der Waals surface area contributed by atoms with Gasteiger partial charge in [-0.25, -0.2) is 0 Å². The fourth-order valence-corrected chi connectivity index (χ4v) is 2.68. The van der Waals surface area contributed by atoms with Gasteiger partial charge in [0.15, 0.2) is 0 Å². The van der Waals surface area contributed by atoms with Crippen LogP contribution in [-0.4, -0.2) is 37.4 Å². The molecule has 3 heteroatoms. The lowest BCUT2D eigenvalue weighted by molar-refractivity contribution is -0.0555. The Kier molecular flexibility index (Phi) is 4.40. The molecule has 0 unspecified atom stereocenters. The second-order valence-corrected chi connectivity index (χ2v) is 4.63. The summed E-state index contributed by atoms with van der Waals surface area (Å²) >= 11 is 2.03. The summed E-state index contributed by atoms with van der Waals surface area (Å²) in [5, 5.41) is 0. The van der Waals surface area contributed by atoms with Crippen molar-refractivity contribution < 1.29 is 9.47 Å². The Morgan fingerprint density at radius 3 is 2.50 bits per heavy atom. The molecule has 0 aromatic carbocycles. The molecule has 2 nitrogen and oxygen atoms in total. The molecule has 0 N–H and O–H groups in total. The van der Waals surface area contributed by atoms with Gasteiger partial charge in [-0.05, 0) is 31.3 Å². The van der Waals surface area contributed by atoms with Crippen molar-refractivity contribution in [3.8, 4) is 0 Å². The summed E-state index contributed by atoms with van der Waals surface area (Å²) in [7, 11) is 1.71. The molecule has 12 heavy (non-hydrogen) atoms. The Morgan fingerprint density at radius 2 is 1.92 bits per heavy atom. The highest BCUT2D eigenvalue weighted by Crippen LogP contribution is 2.29. The molecule has 0 bridgehead atoms. The Balaban J connectivity index is 2.17. The lowest BCUT2D eigenvalue weighted by atomic mass is 9.99. The van der Waals surface area contributed by atoms with Crippen molar-refractivity contribution in [2.24, 2.45) is 0 Å². The monoisotopic (exact) mass is 190 g/mol. The van der Waals surface area contributed by atoms with Crippen LogP contribution in [0.4, 0.5) is 0 Å². The van der Waals surface area contributed by atoms with Crippen LogP contribution in [0.15, 0.2) is 0 Å². The van der Waals surface area contributed by atoms with Crippen LogP contribution in [-0.2, 0) is 9.47 Å². The summed E-state index contributed by atoms with van der Waals surface area (Å²) in [5.41, 5.74) is 0.129. The van der Waals surface area contributed by atoms with E-state index >= 15 is 0 Å². The van der Waals surface area contributed by atoms with Crippen LogP contribution in [0.1, 0.15) is 19.8 Å². The Bertz CT molecular complexity index is 122. The molecule has 1 fully saturated rings. The van der Waals surface area contributed by atoms with Crippen molar-refractivity contribution in [1.82, 2.24) is 0 Å². The second kappa shape index (κ2) is 5.10. The van der Waals surface area contributed by atoms with Crippen molar-refractivity contribution in [3.05, 3.63) is 0 Å². The largest absolute Gasteiger partial charge is 0.382 e. The maximum atomic E-state index is 5.77. The Morgan fingerprint density at radius 1 is 1.25 bits per heavy atom. The smallest absolute Gasteiger partial charge is 0.0707 e. The fourth-order valence-electron chi connectivity index (χ4n) is 1.32. The molecule has 0 saturated carbocycles. The van der Waals surface area contributed by atoms with Gasteiger partial charge in [-0.2, -0.15) is 11.8 Å². The summed E-state index contributed by atoms with van der Waals surface area (Å²) in [6, 6.07) is 0. The first-order chi connectivity index (χ1) is 5.77. The molecule has 0 aromatic rings. The molecule has 1 aliphatic heterocycles. The zero-order valence-corrected chi connectivity index (χ0v) is 8.78. The van der Waals surface area contributed by atoms with Gasteiger partial charge in [-0.15, -0.1) is 0 Å². The molecular formula is C9H18O2S. The molecule has 0 atom stereocenters. The maximum absolute atomic E-state index is 5.77. The van der Waals surface area contributed by atoms with E-state index in [9.17, 15) is 0 Å². The molecule has 0 aromatic heterocycles. The first-order valence-electron chi connectivity index (χ1n) is 4.47. The summed E-state index contributed by atoms with van der Waals surface area (Å²) in [5.74, 6) is 2.48. The minimum absolute atomic E-state index is 0.129. The van der Waals surface area contributed by atoms with Crippen LogP contribution >= 0.6 is 11.8 Å². The van der Waals surface area contributed by atoms with E-state index in [-0.39, 0.29) is 5.60 Å². The molecule has 0 spiro atoms. The van der Waals surface area contributed by atoms with E-state index in [4.69, 9.17) is 9.47 Å². The molecule has 1 rings (SSSR count). The number of thioether (sulfide) groups is 1. The van der Waals surface area contributed by atoms with Gasteiger partial charge < -0.3 is 9.47 Å². The molecule has 0 radical (unpaired) electrons. The van der Waals surface area contributed by atoms with E-state index < -0.39 is 0 Å². The van der Waals surface area contributed by atoms with Crippen LogP contribution in [0.5, 0.6) is 0 Å². The number of hydrogen-bond donors (Lipinski definition) is 0. The summed E-state index contributed by atoms with van der Waals surface area (Å²) in [6.45, 7) is 3.66. The molecule has 0 aliphatic carbocycles. The zero-order chi connectivity index (χ0) is 8.86. The van der Waals surface area contributed by atoms with Crippen molar-refractivity contribution in [3.63, 3.8) is 0 Å². The third-order valence-electron chi connectivity index (χ3n) is 2.29. The van der Waals surface area contributed by atoms with Crippen LogP contribution in [0.2, 0.25) is 0 Å². The highest BCUT2D eigenvalue weighted by Gasteiger charge is 2.27. The van der Waals surface area contributed by atoms with Gasteiger partial charge in [0.1, 0.15) is 0 Å². The van der Waals surface area contributed by atoms with Gasteiger partial charge in [0.25, 0.3) is 0 Å². The van der Waals surface area contributed by atoms with E-state index in [1.807, 2.05) is 11.8 Å². The molecular weight excluding hydrogens is 172 g/mol. The summed E-state index contributed by atoms with van der Waals surface area (Å²) in [4.78, 5) is 0. The van der Waals surface area contributed by atoms with Gasteiger partial charge in [-0.3, -0.25) is 0 Å². The van der Waals surface area contributed by atoms with Gasteiger partial charge in [0.2, 0.25) is 0 Å². The Labute approximate surface area is 79.0 Å². The highest BCUT2D eigenvalue weighted by molar-refractivity contribution is 7.99. The third-order valence-corrected chi connectivity index (χ3v) is 3.27. The minimum atomic E-state index is 0.129. The quantitative estimate of drug-likeness (QED) is 0.631. The first kappa shape index (κ1) is 10.4. The van der Waals surface area contributed by atoms with Crippen LogP contribution in [0.25, 0.3) is 0 Å². The highest BCUT2D eigenvalue weighted by atomic mass is 32.2. The lowest BCUT2D eigenvalue weighted by Gasteiger charge is -2.33. The third kappa shape index (κ3) is 3.33. The van der Waals surface area contributed by atoms with E-state index in [2.05, 4.69) is 6.92 Å². The number of methoxy groups -OCH3 is 1. The number of rotatable bonds is 4. The van der Waals surface area contributed by atoms with E-state index in [1.165, 1.54) is 24.3 Å². The number of hydrogen-bond acceptors (Lipinski definition) is 3. The normalized spacial score (nSPS) is 22.5. The predicted octanol–water partition coefficient (Wildman–Crippen LogP) is 1.94. The van der Waals surface area contributed by atoms with Crippen LogP contribution in [0.3, 0.4) is 0 Å². The Hall–Kier alpha value is 0.270. The van der Waals surface area contributed by atoms with Gasteiger partial charge >= 0.3 is 0 Å².